The van der Waals surface area contributed by atoms with E-state index in [1.165, 1.54) is 24.7 Å². The van der Waals surface area contributed by atoms with E-state index < -0.39 is 35.9 Å². The second kappa shape index (κ2) is 10.4. The van der Waals surface area contributed by atoms with Gasteiger partial charge in [0.05, 0.1) is 12.4 Å². The Labute approximate surface area is 173 Å². The number of aliphatic carboxylic acids is 1. The van der Waals surface area contributed by atoms with Crippen LogP contribution in [0, 0.1) is 5.92 Å². The zero-order valence-corrected chi connectivity index (χ0v) is 16.8. The third-order valence-electron chi connectivity index (χ3n) is 4.57. The number of carbonyl (C=O) groups is 3. The fourth-order valence-corrected chi connectivity index (χ4v) is 2.85. The molecule has 2 amide bonds. The molecule has 1 aromatic carbocycles. The fourth-order valence-electron chi connectivity index (χ4n) is 2.85. The minimum Gasteiger partial charge on any atom is -0.508 e. The quantitative estimate of drug-likeness (QED) is 0.314. The molecule has 0 aliphatic carbocycles. The second-order valence-electron chi connectivity index (χ2n) is 7.39. The molecule has 0 aliphatic heterocycles. The number of aromatic amines is 1. The number of imidazole rings is 1. The van der Waals surface area contributed by atoms with Crippen molar-refractivity contribution in [1.29, 1.82) is 0 Å². The fraction of sp³-hybridized carbons (Fsp3) is 0.400. The minimum atomic E-state index is -1.16. The van der Waals surface area contributed by atoms with Gasteiger partial charge in [-0.15, -0.1) is 0 Å². The Morgan fingerprint density at radius 1 is 1.10 bits per heavy atom. The maximum Gasteiger partial charge on any atom is 0.326 e. The molecule has 0 fully saturated rings. The van der Waals surface area contributed by atoms with E-state index in [0.717, 1.165) is 5.56 Å². The predicted molar refractivity (Wildman–Crippen MR) is 108 cm³/mol. The Morgan fingerprint density at radius 2 is 1.77 bits per heavy atom. The summed E-state index contributed by atoms with van der Waals surface area (Å²) < 4.78 is 0. The molecule has 30 heavy (non-hydrogen) atoms. The molecule has 2 rings (SSSR count). The molecule has 2 aromatic rings. The summed E-state index contributed by atoms with van der Waals surface area (Å²) in [6.07, 6.45) is 3.25. The monoisotopic (exact) mass is 417 g/mol. The molecular formula is C20H27N5O5. The highest BCUT2D eigenvalue weighted by atomic mass is 16.4. The van der Waals surface area contributed by atoms with Crippen molar-refractivity contribution in [1.82, 2.24) is 20.6 Å². The molecule has 10 nitrogen and oxygen atoms in total. The molecule has 0 aliphatic rings. The lowest BCUT2D eigenvalue weighted by atomic mass is 10.0. The van der Waals surface area contributed by atoms with Gasteiger partial charge in [0, 0.05) is 18.3 Å². The van der Waals surface area contributed by atoms with E-state index in [2.05, 4.69) is 20.6 Å². The van der Waals surface area contributed by atoms with Crippen LogP contribution in [-0.2, 0) is 27.2 Å². The molecule has 7 N–H and O–H groups in total. The van der Waals surface area contributed by atoms with E-state index in [-0.39, 0.29) is 24.5 Å². The number of H-pyrrole nitrogens is 1. The molecule has 1 aromatic heterocycles. The van der Waals surface area contributed by atoms with Crippen LogP contribution in [0.15, 0.2) is 36.8 Å². The molecule has 0 saturated carbocycles. The Kier molecular flexibility index (Phi) is 7.93. The van der Waals surface area contributed by atoms with Crippen molar-refractivity contribution >= 4 is 17.8 Å². The standard InChI is InChI=1S/C20H27N5O5/c1-11(2)17(20(29)30)25-19(28)16(8-13-9-22-10-23-13)24-18(27)15(21)7-12-3-5-14(26)6-4-12/h3-6,9-11,15-17,26H,7-8,21H2,1-2H3,(H,22,23)(H,24,27)(H,25,28)(H,29,30)/t15-,16-,17-/m0/s1. The van der Waals surface area contributed by atoms with Crippen molar-refractivity contribution in [2.24, 2.45) is 11.7 Å². The van der Waals surface area contributed by atoms with Gasteiger partial charge in [0.15, 0.2) is 0 Å². The van der Waals surface area contributed by atoms with Crippen LogP contribution in [-0.4, -0.2) is 56.1 Å². The molecule has 10 heteroatoms. The van der Waals surface area contributed by atoms with Crippen molar-refractivity contribution in [3.05, 3.63) is 48.0 Å². The molecule has 0 unspecified atom stereocenters. The molecule has 0 spiro atoms. The van der Waals surface area contributed by atoms with Crippen molar-refractivity contribution in [3.8, 4) is 5.75 Å². The van der Waals surface area contributed by atoms with E-state index in [1.807, 2.05) is 0 Å². The number of carbonyl (C=O) groups excluding carboxylic acids is 2. The number of nitrogens with two attached hydrogens (primary N) is 1. The summed E-state index contributed by atoms with van der Waals surface area (Å²) in [6, 6.07) is 3.22. The highest BCUT2D eigenvalue weighted by Crippen LogP contribution is 2.11. The predicted octanol–water partition coefficient (Wildman–Crippen LogP) is -0.0620. The number of phenols is 1. The number of amides is 2. The number of carboxylic acids is 1. The number of aromatic nitrogens is 2. The maximum atomic E-state index is 12.8. The molecule has 0 bridgehead atoms. The van der Waals surface area contributed by atoms with Gasteiger partial charge < -0.3 is 31.6 Å². The summed E-state index contributed by atoms with van der Waals surface area (Å²) in [7, 11) is 0. The summed E-state index contributed by atoms with van der Waals surface area (Å²) in [5, 5.41) is 23.8. The Hall–Kier alpha value is -3.40. The summed E-state index contributed by atoms with van der Waals surface area (Å²) in [6.45, 7) is 3.35. The van der Waals surface area contributed by atoms with Crippen LogP contribution in [0.4, 0.5) is 0 Å². The number of hydrogen-bond acceptors (Lipinski definition) is 6. The van der Waals surface area contributed by atoms with Crippen LogP contribution in [0.2, 0.25) is 0 Å². The lowest BCUT2D eigenvalue weighted by Crippen LogP contribution is -2.56. The number of aromatic hydroxyl groups is 1. The van der Waals surface area contributed by atoms with Crippen LogP contribution < -0.4 is 16.4 Å². The number of benzene rings is 1. The molecule has 162 valence electrons. The van der Waals surface area contributed by atoms with Crippen LogP contribution in [0.1, 0.15) is 25.1 Å². The van der Waals surface area contributed by atoms with Crippen molar-refractivity contribution in [2.45, 2.75) is 44.8 Å². The normalized spacial score (nSPS) is 14.0. The average Bonchev–Trinajstić information content (AvgIpc) is 3.19. The maximum absolute atomic E-state index is 12.8. The first-order chi connectivity index (χ1) is 14.2. The minimum absolute atomic E-state index is 0.0912. The Bertz CT molecular complexity index is 851. The Morgan fingerprint density at radius 3 is 2.30 bits per heavy atom. The zero-order chi connectivity index (χ0) is 22.3. The van der Waals surface area contributed by atoms with Crippen molar-refractivity contribution in [3.63, 3.8) is 0 Å². The van der Waals surface area contributed by atoms with Crippen molar-refractivity contribution in [2.75, 3.05) is 0 Å². The molecule has 0 saturated heterocycles. The zero-order valence-electron chi connectivity index (χ0n) is 16.8. The smallest absolute Gasteiger partial charge is 0.326 e. The number of phenolic OH excluding ortho intramolecular Hbond substituents is 1. The number of rotatable bonds is 10. The SMILES string of the molecule is CC(C)[C@H](NC(=O)[C@H](Cc1cnc[nH]1)NC(=O)[C@@H](N)Cc1ccc(O)cc1)C(=O)O. The molecule has 0 radical (unpaired) electrons. The van der Waals surface area contributed by atoms with E-state index in [1.54, 1.807) is 26.0 Å². The number of carboxylic acid groups (broad SMARTS) is 1. The van der Waals surface area contributed by atoms with E-state index >= 15 is 0 Å². The topological polar surface area (TPSA) is 170 Å². The molecular weight excluding hydrogens is 390 g/mol. The van der Waals surface area contributed by atoms with E-state index in [9.17, 15) is 24.6 Å². The third kappa shape index (κ3) is 6.59. The first kappa shape index (κ1) is 22.9. The number of nitrogens with zero attached hydrogens (tertiary/aromatic N) is 1. The summed E-state index contributed by atoms with van der Waals surface area (Å²) >= 11 is 0. The summed E-state index contributed by atoms with van der Waals surface area (Å²) in [5.41, 5.74) is 7.33. The first-order valence-electron chi connectivity index (χ1n) is 9.51. The average molecular weight is 417 g/mol. The van der Waals surface area contributed by atoms with Gasteiger partial charge in [-0.3, -0.25) is 9.59 Å². The second-order valence-corrected chi connectivity index (χ2v) is 7.39. The Balaban J connectivity index is 2.09. The summed E-state index contributed by atoms with van der Waals surface area (Å²) in [5.74, 6) is -2.58. The van der Waals surface area contributed by atoms with Gasteiger partial charge in [-0.2, -0.15) is 0 Å². The van der Waals surface area contributed by atoms with E-state index in [0.29, 0.717) is 5.69 Å². The van der Waals surface area contributed by atoms with Gasteiger partial charge in [0.1, 0.15) is 17.8 Å². The van der Waals surface area contributed by atoms with Crippen LogP contribution in [0.25, 0.3) is 0 Å². The van der Waals surface area contributed by atoms with Gasteiger partial charge in [-0.1, -0.05) is 26.0 Å². The van der Waals surface area contributed by atoms with E-state index in [4.69, 9.17) is 5.73 Å². The van der Waals surface area contributed by atoms with Crippen LogP contribution in [0.5, 0.6) is 5.75 Å². The van der Waals surface area contributed by atoms with Crippen LogP contribution in [0.3, 0.4) is 0 Å². The molecule has 1 heterocycles. The van der Waals surface area contributed by atoms with Gasteiger partial charge >= 0.3 is 5.97 Å². The van der Waals surface area contributed by atoms with Gasteiger partial charge in [0.2, 0.25) is 11.8 Å². The van der Waals surface area contributed by atoms with Crippen molar-refractivity contribution < 1.29 is 24.6 Å². The lowest BCUT2D eigenvalue weighted by Gasteiger charge is -2.24. The molecule has 3 atom stereocenters. The van der Waals surface area contributed by atoms with Gasteiger partial charge in [0.25, 0.3) is 0 Å². The highest BCUT2D eigenvalue weighted by molar-refractivity contribution is 5.92. The third-order valence-corrected chi connectivity index (χ3v) is 4.57. The summed E-state index contributed by atoms with van der Waals surface area (Å²) in [4.78, 5) is 43.5. The van der Waals surface area contributed by atoms with Gasteiger partial charge in [-0.25, -0.2) is 9.78 Å². The highest BCUT2D eigenvalue weighted by Gasteiger charge is 2.30. The van der Waals surface area contributed by atoms with Gasteiger partial charge in [-0.05, 0) is 30.0 Å². The largest absolute Gasteiger partial charge is 0.508 e. The lowest BCUT2D eigenvalue weighted by molar-refractivity contribution is -0.143. The van der Waals surface area contributed by atoms with Crippen LogP contribution >= 0.6 is 0 Å². The first-order valence-corrected chi connectivity index (χ1v) is 9.51. The number of hydrogen-bond donors (Lipinski definition) is 6. The number of nitrogens with one attached hydrogen (secondary N) is 3.